The van der Waals surface area contributed by atoms with Gasteiger partial charge in [-0.25, -0.2) is 0 Å². The third kappa shape index (κ3) is 1.41. The first-order valence-electron chi connectivity index (χ1n) is 4.79. The Morgan fingerprint density at radius 1 is 1.57 bits per heavy atom. The lowest BCUT2D eigenvalue weighted by atomic mass is 9.86. The van der Waals surface area contributed by atoms with E-state index in [0.717, 1.165) is 18.5 Å². The highest BCUT2D eigenvalue weighted by Crippen LogP contribution is 2.39. The Bertz CT molecular complexity index is 369. The van der Waals surface area contributed by atoms with Gasteiger partial charge in [0, 0.05) is 22.4 Å². The van der Waals surface area contributed by atoms with Gasteiger partial charge in [-0.2, -0.15) is 0 Å². The minimum Gasteiger partial charge on any atom is -0.308 e. The summed E-state index contributed by atoms with van der Waals surface area (Å²) in [4.78, 5) is 15.5. The lowest BCUT2D eigenvalue weighted by Gasteiger charge is -2.25. The molecule has 1 heterocycles. The van der Waals surface area contributed by atoms with Gasteiger partial charge >= 0.3 is 0 Å². The predicted octanol–water partition coefficient (Wildman–Crippen LogP) is 2.05. The van der Waals surface area contributed by atoms with Crippen LogP contribution in [0.15, 0.2) is 11.4 Å². The van der Waals surface area contributed by atoms with E-state index in [-0.39, 0.29) is 5.41 Å². The molecular weight excluding hydrogens is 194 g/mol. The van der Waals surface area contributed by atoms with Crippen molar-refractivity contribution in [3.8, 4) is 0 Å². The molecule has 0 spiro atoms. The molecule has 0 saturated carbocycles. The van der Waals surface area contributed by atoms with Gasteiger partial charge in [-0.3, -0.25) is 4.79 Å². The largest absolute Gasteiger partial charge is 0.308 e. The van der Waals surface area contributed by atoms with Crippen LogP contribution >= 0.6 is 11.3 Å². The molecule has 0 unspecified atom stereocenters. The third-order valence-corrected chi connectivity index (χ3v) is 3.68. The molecule has 1 aromatic heterocycles. The molecule has 0 amide bonds. The number of Topliss-reactive ketones (excluding diaryl/α,β-unsaturated/α-hetero) is 1. The molecule has 14 heavy (non-hydrogen) atoms. The Morgan fingerprint density at radius 3 is 2.86 bits per heavy atom. The van der Waals surface area contributed by atoms with E-state index in [4.69, 9.17) is 0 Å². The van der Waals surface area contributed by atoms with Crippen LogP contribution in [0.3, 0.4) is 0 Å². The van der Waals surface area contributed by atoms with E-state index < -0.39 is 0 Å². The second kappa shape index (κ2) is 3.17. The summed E-state index contributed by atoms with van der Waals surface area (Å²) < 4.78 is 0. The Hall–Kier alpha value is -0.670. The number of rotatable bonds is 2. The SMILES string of the molecule is CN(C)C[C@]1(C)Cc2sccc2C1=O. The van der Waals surface area contributed by atoms with Gasteiger partial charge in [-0.05, 0) is 32.0 Å². The fourth-order valence-corrected chi connectivity index (χ4v) is 3.32. The van der Waals surface area contributed by atoms with E-state index in [0.29, 0.717) is 5.78 Å². The van der Waals surface area contributed by atoms with Crippen molar-refractivity contribution in [3.63, 3.8) is 0 Å². The van der Waals surface area contributed by atoms with Crippen molar-refractivity contribution >= 4 is 17.1 Å². The molecule has 3 heteroatoms. The number of fused-ring (bicyclic) bond motifs is 1. The van der Waals surface area contributed by atoms with Crippen molar-refractivity contribution in [2.45, 2.75) is 13.3 Å². The van der Waals surface area contributed by atoms with E-state index in [9.17, 15) is 4.79 Å². The van der Waals surface area contributed by atoms with Crippen LogP contribution in [0.25, 0.3) is 0 Å². The maximum absolute atomic E-state index is 12.1. The van der Waals surface area contributed by atoms with E-state index in [1.807, 2.05) is 25.5 Å². The van der Waals surface area contributed by atoms with Gasteiger partial charge in [-0.1, -0.05) is 6.92 Å². The Kier molecular flexibility index (Phi) is 2.24. The highest BCUT2D eigenvalue weighted by molar-refractivity contribution is 7.10. The van der Waals surface area contributed by atoms with Crippen molar-refractivity contribution in [2.75, 3.05) is 20.6 Å². The maximum atomic E-state index is 12.1. The topological polar surface area (TPSA) is 20.3 Å². The molecule has 1 atom stereocenters. The predicted molar refractivity (Wildman–Crippen MR) is 59.0 cm³/mol. The lowest BCUT2D eigenvalue weighted by molar-refractivity contribution is 0.0799. The summed E-state index contributed by atoms with van der Waals surface area (Å²) in [7, 11) is 4.04. The number of hydrogen-bond acceptors (Lipinski definition) is 3. The number of thiophene rings is 1. The molecule has 1 aliphatic rings. The van der Waals surface area contributed by atoms with Crippen molar-refractivity contribution in [1.82, 2.24) is 4.90 Å². The molecule has 1 aliphatic carbocycles. The highest BCUT2D eigenvalue weighted by Gasteiger charge is 2.42. The van der Waals surface area contributed by atoms with Gasteiger partial charge in [0.05, 0.1) is 0 Å². The fourth-order valence-electron chi connectivity index (χ4n) is 2.27. The minimum atomic E-state index is -0.189. The van der Waals surface area contributed by atoms with Gasteiger partial charge < -0.3 is 4.90 Å². The van der Waals surface area contributed by atoms with Gasteiger partial charge in [0.15, 0.2) is 5.78 Å². The van der Waals surface area contributed by atoms with Crippen LogP contribution in [0.2, 0.25) is 0 Å². The number of carbonyl (C=O) groups is 1. The first kappa shape index (κ1) is 9.87. The van der Waals surface area contributed by atoms with Crippen LogP contribution in [0, 0.1) is 5.41 Å². The van der Waals surface area contributed by atoms with Crippen molar-refractivity contribution < 1.29 is 4.79 Å². The molecule has 2 nitrogen and oxygen atoms in total. The molecule has 0 saturated heterocycles. The molecule has 76 valence electrons. The molecule has 0 N–H and O–H groups in total. The van der Waals surface area contributed by atoms with Crippen LogP contribution in [-0.4, -0.2) is 31.3 Å². The summed E-state index contributed by atoms with van der Waals surface area (Å²) in [5.74, 6) is 0.322. The number of carbonyl (C=O) groups excluding carboxylic acids is 1. The molecular formula is C11H15NOS. The van der Waals surface area contributed by atoms with Crippen LogP contribution in [0.4, 0.5) is 0 Å². The number of ketones is 1. The molecule has 2 rings (SSSR count). The highest BCUT2D eigenvalue weighted by atomic mass is 32.1. The van der Waals surface area contributed by atoms with E-state index in [2.05, 4.69) is 11.8 Å². The Morgan fingerprint density at radius 2 is 2.29 bits per heavy atom. The van der Waals surface area contributed by atoms with Crippen LogP contribution < -0.4 is 0 Å². The van der Waals surface area contributed by atoms with Gasteiger partial charge in [-0.15, -0.1) is 11.3 Å². The molecule has 1 aromatic rings. The molecule has 0 fully saturated rings. The standard InChI is InChI=1S/C11H15NOS/c1-11(7-12(2)3)6-9-8(10(11)13)4-5-14-9/h4-5H,6-7H2,1-3H3/t11-/m0/s1. The molecule has 0 aliphatic heterocycles. The van der Waals surface area contributed by atoms with Crippen molar-refractivity contribution in [2.24, 2.45) is 5.41 Å². The first-order valence-corrected chi connectivity index (χ1v) is 5.67. The lowest BCUT2D eigenvalue weighted by Crippen LogP contribution is -2.36. The maximum Gasteiger partial charge on any atom is 0.171 e. The summed E-state index contributed by atoms with van der Waals surface area (Å²) in [6, 6.07) is 1.96. The second-order valence-electron chi connectivity index (χ2n) is 4.56. The fraction of sp³-hybridized carbons (Fsp3) is 0.545. The summed E-state index contributed by atoms with van der Waals surface area (Å²) in [5.41, 5.74) is 0.769. The monoisotopic (exact) mass is 209 g/mol. The van der Waals surface area contributed by atoms with Crippen molar-refractivity contribution in [1.29, 1.82) is 0 Å². The second-order valence-corrected chi connectivity index (χ2v) is 5.56. The smallest absolute Gasteiger partial charge is 0.171 e. The number of hydrogen-bond donors (Lipinski definition) is 0. The molecule has 0 bridgehead atoms. The Labute approximate surface area is 88.5 Å². The van der Waals surface area contributed by atoms with Crippen LogP contribution in [0.1, 0.15) is 22.2 Å². The summed E-state index contributed by atoms with van der Waals surface area (Å²) in [5, 5.41) is 2.01. The third-order valence-electron chi connectivity index (χ3n) is 2.75. The summed E-state index contributed by atoms with van der Waals surface area (Å²) >= 11 is 1.71. The zero-order valence-corrected chi connectivity index (χ0v) is 9.65. The Balaban J connectivity index is 2.28. The van der Waals surface area contributed by atoms with E-state index >= 15 is 0 Å². The summed E-state index contributed by atoms with van der Waals surface area (Å²) in [6.45, 7) is 2.91. The zero-order chi connectivity index (χ0) is 10.3. The van der Waals surface area contributed by atoms with Crippen molar-refractivity contribution in [3.05, 3.63) is 21.9 Å². The molecule has 0 aromatic carbocycles. The quantitative estimate of drug-likeness (QED) is 0.743. The first-order chi connectivity index (χ1) is 6.53. The van der Waals surface area contributed by atoms with Gasteiger partial charge in [0.25, 0.3) is 0 Å². The van der Waals surface area contributed by atoms with E-state index in [1.165, 1.54) is 4.88 Å². The zero-order valence-electron chi connectivity index (χ0n) is 8.83. The van der Waals surface area contributed by atoms with E-state index in [1.54, 1.807) is 11.3 Å². The van der Waals surface area contributed by atoms with Gasteiger partial charge in [0.2, 0.25) is 0 Å². The minimum absolute atomic E-state index is 0.189. The van der Waals surface area contributed by atoms with Crippen LogP contribution in [0.5, 0.6) is 0 Å². The average molecular weight is 209 g/mol. The van der Waals surface area contributed by atoms with Crippen LogP contribution in [-0.2, 0) is 6.42 Å². The van der Waals surface area contributed by atoms with Gasteiger partial charge in [0.1, 0.15) is 0 Å². The number of nitrogens with zero attached hydrogens (tertiary/aromatic N) is 1. The average Bonchev–Trinajstić information content (AvgIpc) is 2.55. The summed E-state index contributed by atoms with van der Waals surface area (Å²) in [6.07, 6.45) is 0.914. The normalized spacial score (nSPS) is 25.9. The molecule has 0 radical (unpaired) electrons.